The summed E-state index contributed by atoms with van der Waals surface area (Å²) in [5.41, 5.74) is 2.43. The van der Waals surface area contributed by atoms with E-state index in [4.69, 9.17) is 4.74 Å². The highest BCUT2D eigenvalue weighted by atomic mass is 16.5. The van der Waals surface area contributed by atoms with Crippen LogP contribution >= 0.6 is 0 Å². The molecule has 1 aliphatic heterocycles. The second-order valence-electron chi connectivity index (χ2n) is 5.91. The first-order valence-electron chi connectivity index (χ1n) is 7.84. The molecule has 1 saturated heterocycles. The maximum Gasteiger partial charge on any atom is 0.200 e. The van der Waals surface area contributed by atoms with Gasteiger partial charge in [0.2, 0.25) is 0 Å². The van der Waals surface area contributed by atoms with Gasteiger partial charge >= 0.3 is 0 Å². The Hall–Kier alpha value is -2.74. The summed E-state index contributed by atoms with van der Waals surface area (Å²) < 4.78 is 8.86. The second-order valence-corrected chi connectivity index (χ2v) is 5.91. The van der Waals surface area contributed by atoms with Gasteiger partial charge in [-0.3, -0.25) is 4.79 Å². The highest BCUT2D eigenvalue weighted by molar-refractivity contribution is 5.86. The Morgan fingerprint density at radius 3 is 2.67 bits per heavy atom. The van der Waals surface area contributed by atoms with Crippen LogP contribution in [-0.4, -0.2) is 51.1 Å². The Kier molecular flexibility index (Phi) is 3.53. The molecule has 0 N–H and O–H groups in total. The van der Waals surface area contributed by atoms with Crippen LogP contribution in [0.4, 0.5) is 5.69 Å². The van der Waals surface area contributed by atoms with Crippen LogP contribution in [0.3, 0.4) is 0 Å². The lowest BCUT2D eigenvalue weighted by Crippen LogP contribution is -2.36. The number of anilines is 1. The number of benzene rings is 1. The van der Waals surface area contributed by atoms with Gasteiger partial charge in [0.25, 0.3) is 0 Å². The van der Waals surface area contributed by atoms with Crippen molar-refractivity contribution in [1.82, 2.24) is 24.8 Å². The highest BCUT2D eigenvalue weighted by Gasteiger charge is 2.16. The van der Waals surface area contributed by atoms with E-state index in [0.717, 1.165) is 37.5 Å². The molecule has 24 heavy (non-hydrogen) atoms. The molecular weight excluding hydrogens is 308 g/mol. The van der Waals surface area contributed by atoms with Crippen molar-refractivity contribution in [1.29, 1.82) is 0 Å². The molecule has 0 radical (unpaired) electrons. The normalized spacial score (nSPS) is 15.2. The van der Waals surface area contributed by atoms with Gasteiger partial charge in [0, 0.05) is 44.5 Å². The molecule has 124 valence electrons. The number of pyridine rings is 1. The number of rotatable bonds is 2. The van der Waals surface area contributed by atoms with E-state index in [0.29, 0.717) is 16.8 Å². The van der Waals surface area contributed by atoms with Crippen molar-refractivity contribution >= 4 is 16.6 Å². The van der Waals surface area contributed by atoms with Crippen LogP contribution in [0.5, 0.6) is 0 Å². The number of nitrogens with zero attached hydrogens (tertiary/aromatic N) is 6. The van der Waals surface area contributed by atoms with E-state index in [1.54, 1.807) is 13.2 Å². The Bertz CT molecular complexity index is 955. The van der Waals surface area contributed by atoms with Crippen LogP contribution < -0.4 is 10.3 Å². The molecule has 0 unspecified atom stereocenters. The van der Waals surface area contributed by atoms with E-state index < -0.39 is 0 Å². The van der Waals surface area contributed by atoms with Crippen molar-refractivity contribution in [2.45, 2.75) is 0 Å². The maximum absolute atomic E-state index is 12.9. The molecule has 2 aromatic heterocycles. The van der Waals surface area contributed by atoms with Gasteiger partial charge < -0.3 is 14.2 Å². The molecule has 0 bridgehead atoms. The monoisotopic (exact) mass is 326 g/mol. The largest absolute Gasteiger partial charge is 0.378 e. The zero-order chi connectivity index (χ0) is 16.7. The molecule has 0 saturated carbocycles. The van der Waals surface area contributed by atoms with Gasteiger partial charge in [-0.2, -0.15) is 0 Å². The third kappa shape index (κ3) is 2.35. The standard InChI is InChI=1S/C16H18N6O2/c1-20-10-13(16-17-18-19-21(16)2)15(23)12-4-3-11(9-14(12)20)22-5-7-24-8-6-22/h3-4,9-10H,5-8H2,1-2H3. The van der Waals surface area contributed by atoms with Gasteiger partial charge in [0.05, 0.1) is 24.3 Å². The summed E-state index contributed by atoms with van der Waals surface area (Å²) in [4.78, 5) is 15.1. The van der Waals surface area contributed by atoms with Gasteiger partial charge in [-0.1, -0.05) is 0 Å². The molecule has 0 amide bonds. The van der Waals surface area contributed by atoms with Gasteiger partial charge in [-0.15, -0.1) is 5.10 Å². The molecule has 3 aromatic rings. The number of hydrogen-bond acceptors (Lipinski definition) is 6. The Morgan fingerprint density at radius 1 is 1.17 bits per heavy atom. The Balaban J connectivity index is 1.86. The van der Waals surface area contributed by atoms with Gasteiger partial charge in [0.15, 0.2) is 11.3 Å². The highest BCUT2D eigenvalue weighted by Crippen LogP contribution is 2.23. The average Bonchev–Trinajstić information content (AvgIpc) is 3.04. The fourth-order valence-corrected chi connectivity index (χ4v) is 3.11. The third-order valence-electron chi connectivity index (χ3n) is 4.41. The SMILES string of the molecule is Cn1nnnc1-c1cn(C)c2cc(N3CCOCC3)ccc2c1=O. The minimum Gasteiger partial charge on any atom is -0.378 e. The zero-order valence-electron chi connectivity index (χ0n) is 13.6. The van der Waals surface area contributed by atoms with Crippen LogP contribution in [0.15, 0.2) is 29.2 Å². The summed E-state index contributed by atoms with van der Waals surface area (Å²) >= 11 is 0. The second kappa shape index (κ2) is 5.72. The number of aromatic nitrogens is 5. The number of ether oxygens (including phenoxy) is 1. The van der Waals surface area contributed by atoms with Crippen molar-refractivity contribution in [3.8, 4) is 11.4 Å². The lowest BCUT2D eigenvalue weighted by molar-refractivity contribution is 0.122. The lowest BCUT2D eigenvalue weighted by atomic mass is 10.1. The Labute approximate surface area is 138 Å². The number of tetrazole rings is 1. The van der Waals surface area contributed by atoms with Gasteiger partial charge in [-0.25, -0.2) is 4.68 Å². The first kappa shape index (κ1) is 14.8. The zero-order valence-corrected chi connectivity index (χ0v) is 13.6. The van der Waals surface area contributed by atoms with E-state index in [-0.39, 0.29) is 5.43 Å². The van der Waals surface area contributed by atoms with E-state index >= 15 is 0 Å². The summed E-state index contributed by atoms with van der Waals surface area (Å²) in [5.74, 6) is 0.467. The predicted molar refractivity (Wildman–Crippen MR) is 90.0 cm³/mol. The van der Waals surface area contributed by atoms with Crippen LogP contribution in [0.2, 0.25) is 0 Å². The smallest absolute Gasteiger partial charge is 0.200 e. The minimum absolute atomic E-state index is 0.0606. The first-order valence-corrected chi connectivity index (χ1v) is 7.84. The van der Waals surface area contributed by atoms with Crippen LogP contribution in [-0.2, 0) is 18.8 Å². The van der Waals surface area contributed by atoms with Crippen molar-refractivity contribution in [2.24, 2.45) is 14.1 Å². The summed E-state index contributed by atoms with van der Waals surface area (Å²) in [6.45, 7) is 3.19. The fraction of sp³-hybridized carbons (Fsp3) is 0.375. The van der Waals surface area contributed by atoms with Crippen molar-refractivity contribution in [3.05, 3.63) is 34.6 Å². The molecule has 0 spiro atoms. The van der Waals surface area contributed by atoms with E-state index in [1.165, 1.54) is 4.68 Å². The van der Waals surface area contributed by atoms with Crippen LogP contribution in [0, 0.1) is 0 Å². The van der Waals surface area contributed by atoms with Gasteiger partial charge in [0.1, 0.15) is 0 Å². The number of hydrogen-bond donors (Lipinski definition) is 0. The van der Waals surface area contributed by atoms with E-state index in [2.05, 4.69) is 26.5 Å². The molecule has 0 atom stereocenters. The lowest BCUT2D eigenvalue weighted by Gasteiger charge is -2.29. The topological polar surface area (TPSA) is 78.1 Å². The Morgan fingerprint density at radius 2 is 1.96 bits per heavy atom. The van der Waals surface area contributed by atoms with E-state index in [1.807, 2.05) is 23.7 Å². The quantitative estimate of drug-likeness (QED) is 0.685. The summed E-state index contributed by atoms with van der Waals surface area (Å²) in [5, 5.41) is 12.0. The molecule has 3 heterocycles. The fourth-order valence-electron chi connectivity index (χ4n) is 3.11. The molecule has 1 aliphatic rings. The first-order chi connectivity index (χ1) is 11.6. The third-order valence-corrected chi connectivity index (χ3v) is 4.41. The molecule has 8 heteroatoms. The van der Waals surface area contributed by atoms with Gasteiger partial charge in [-0.05, 0) is 28.6 Å². The van der Waals surface area contributed by atoms with E-state index in [9.17, 15) is 4.79 Å². The molecule has 1 aromatic carbocycles. The molecule has 8 nitrogen and oxygen atoms in total. The van der Waals surface area contributed by atoms with Crippen molar-refractivity contribution in [3.63, 3.8) is 0 Å². The van der Waals surface area contributed by atoms with Crippen LogP contribution in [0.25, 0.3) is 22.3 Å². The minimum atomic E-state index is -0.0606. The van der Waals surface area contributed by atoms with Crippen molar-refractivity contribution in [2.75, 3.05) is 31.2 Å². The molecule has 0 aliphatic carbocycles. The number of aryl methyl sites for hydroxylation is 2. The predicted octanol–water partition coefficient (Wildman–Crippen LogP) is 0.566. The summed E-state index contributed by atoms with van der Waals surface area (Å²) in [6, 6.07) is 5.93. The van der Waals surface area contributed by atoms with Crippen LogP contribution in [0.1, 0.15) is 0 Å². The maximum atomic E-state index is 12.9. The number of fused-ring (bicyclic) bond motifs is 1. The molecule has 4 rings (SSSR count). The van der Waals surface area contributed by atoms with Crippen molar-refractivity contribution < 1.29 is 4.74 Å². The molecule has 1 fully saturated rings. The molecular formula is C16H18N6O2. The summed E-state index contributed by atoms with van der Waals surface area (Å²) in [6.07, 6.45) is 1.79. The average molecular weight is 326 g/mol. The number of morpholine rings is 1. The summed E-state index contributed by atoms with van der Waals surface area (Å²) in [7, 11) is 3.65.